The summed E-state index contributed by atoms with van der Waals surface area (Å²) in [5, 5.41) is 2.87. The van der Waals surface area contributed by atoms with Gasteiger partial charge in [-0.15, -0.1) is 0 Å². The first-order valence-corrected chi connectivity index (χ1v) is 7.11. The number of aliphatic imine (C=N–C) groups is 1. The molecule has 6 heteroatoms. The van der Waals surface area contributed by atoms with Crippen LogP contribution in [0.4, 0.5) is 4.79 Å². The van der Waals surface area contributed by atoms with Crippen molar-refractivity contribution in [2.45, 2.75) is 25.6 Å². The first kappa shape index (κ1) is 13.6. The van der Waals surface area contributed by atoms with Crippen molar-refractivity contribution in [1.82, 2.24) is 15.1 Å². The largest absolute Gasteiger partial charge is 0.334 e. The molecular weight excluding hydrogens is 268 g/mol. The Hall–Kier alpha value is -2.37. The van der Waals surface area contributed by atoms with Gasteiger partial charge >= 0.3 is 6.03 Å². The van der Waals surface area contributed by atoms with E-state index in [4.69, 9.17) is 0 Å². The lowest BCUT2D eigenvalue weighted by molar-refractivity contribution is -0.131. The number of amidine groups is 1. The summed E-state index contributed by atoms with van der Waals surface area (Å²) in [5.74, 6) is 0.521. The highest BCUT2D eigenvalue weighted by Gasteiger charge is 2.47. The van der Waals surface area contributed by atoms with E-state index in [9.17, 15) is 9.59 Å². The van der Waals surface area contributed by atoms with Crippen LogP contribution in [0, 0.1) is 0 Å². The third kappa shape index (κ3) is 2.16. The van der Waals surface area contributed by atoms with Gasteiger partial charge in [-0.2, -0.15) is 0 Å². The van der Waals surface area contributed by atoms with Crippen molar-refractivity contribution in [3.8, 4) is 0 Å². The molecule has 1 aromatic carbocycles. The minimum atomic E-state index is -0.561. The first-order valence-electron chi connectivity index (χ1n) is 7.11. The number of nitrogens with zero attached hydrogens (tertiary/aromatic N) is 3. The summed E-state index contributed by atoms with van der Waals surface area (Å²) in [6, 6.07) is 8.83. The molecule has 1 N–H and O–H groups in total. The van der Waals surface area contributed by atoms with E-state index >= 15 is 0 Å². The molecule has 3 amide bonds. The fourth-order valence-electron chi connectivity index (χ4n) is 2.76. The number of nitrogens with one attached hydrogen (secondary N) is 1. The fraction of sp³-hybridized carbons (Fsp3) is 0.400. The smallest absolute Gasteiger partial charge is 0.325 e. The molecule has 1 aromatic rings. The second-order valence-electron chi connectivity index (χ2n) is 5.25. The van der Waals surface area contributed by atoms with Crippen molar-refractivity contribution in [1.29, 1.82) is 0 Å². The molecule has 0 aliphatic carbocycles. The standard InChI is InChI=1S/C15H18N4O2/c1-3-9-19-12(10-7-5-4-6-8-10)16-11-13(19)17-15(21)18(2)14(11)20/h4-8,11,13H,3,9H2,1-2H3,(H,17,21). The topological polar surface area (TPSA) is 65.0 Å². The molecule has 2 atom stereocenters. The number of likely N-dealkylation sites (N-methyl/N-ethyl adjacent to an activating group) is 1. The number of imide groups is 1. The zero-order chi connectivity index (χ0) is 15.0. The predicted octanol–water partition coefficient (Wildman–Crippen LogP) is 1.04. The molecule has 0 bridgehead atoms. The Labute approximate surface area is 123 Å². The molecule has 0 spiro atoms. The van der Waals surface area contributed by atoms with E-state index in [1.807, 2.05) is 35.2 Å². The zero-order valence-electron chi connectivity index (χ0n) is 12.1. The van der Waals surface area contributed by atoms with Crippen LogP contribution in [-0.4, -0.2) is 53.4 Å². The van der Waals surface area contributed by atoms with Crippen LogP contribution < -0.4 is 5.32 Å². The van der Waals surface area contributed by atoms with Crippen molar-refractivity contribution >= 4 is 17.8 Å². The van der Waals surface area contributed by atoms with Crippen LogP contribution in [0.15, 0.2) is 35.3 Å². The molecule has 1 saturated heterocycles. The molecule has 2 aliphatic heterocycles. The monoisotopic (exact) mass is 286 g/mol. The summed E-state index contributed by atoms with van der Waals surface area (Å²) in [5.41, 5.74) is 0.963. The van der Waals surface area contributed by atoms with Gasteiger partial charge in [0.15, 0.2) is 6.04 Å². The highest BCUT2D eigenvalue weighted by molar-refractivity contribution is 6.07. The average Bonchev–Trinajstić information content (AvgIpc) is 2.85. The summed E-state index contributed by atoms with van der Waals surface area (Å²) < 4.78 is 0. The molecule has 110 valence electrons. The van der Waals surface area contributed by atoms with Crippen molar-refractivity contribution in [2.75, 3.05) is 13.6 Å². The molecule has 0 aromatic heterocycles. The number of hydrogen-bond acceptors (Lipinski definition) is 4. The number of benzene rings is 1. The van der Waals surface area contributed by atoms with E-state index in [1.54, 1.807) is 0 Å². The average molecular weight is 286 g/mol. The van der Waals surface area contributed by atoms with Gasteiger partial charge in [-0.1, -0.05) is 37.3 Å². The van der Waals surface area contributed by atoms with Crippen LogP contribution in [0.5, 0.6) is 0 Å². The summed E-state index contributed by atoms with van der Waals surface area (Å²) in [4.78, 5) is 31.8. The second-order valence-corrected chi connectivity index (χ2v) is 5.25. The van der Waals surface area contributed by atoms with Gasteiger partial charge in [0.25, 0.3) is 5.91 Å². The molecule has 2 unspecified atom stereocenters. The molecule has 0 saturated carbocycles. The SMILES string of the molecule is CCCN1C(c2ccccc2)=NC2C(=O)N(C)C(=O)NC21. The highest BCUT2D eigenvalue weighted by atomic mass is 16.2. The fourth-order valence-corrected chi connectivity index (χ4v) is 2.76. The Bertz CT molecular complexity index is 599. The van der Waals surface area contributed by atoms with Crippen molar-refractivity contribution in [3.05, 3.63) is 35.9 Å². The van der Waals surface area contributed by atoms with E-state index < -0.39 is 6.04 Å². The second kappa shape index (κ2) is 5.20. The number of fused-ring (bicyclic) bond motifs is 1. The maximum absolute atomic E-state index is 12.3. The summed E-state index contributed by atoms with van der Waals surface area (Å²) in [7, 11) is 1.48. The number of hydrogen-bond donors (Lipinski definition) is 1. The minimum absolute atomic E-state index is 0.254. The minimum Gasteiger partial charge on any atom is -0.334 e. The van der Waals surface area contributed by atoms with Gasteiger partial charge in [-0.3, -0.25) is 14.7 Å². The number of carbonyl (C=O) groups is 2. The van der Waals surface area contributed by atoms with Gasteiger partial charge < -0.3 is 10.2 Å². The van der Waals surface area contributed by atoms with E-state index in [2.05, 4.69) is 17.2 Å². The Kier molecular flexibility index (Phi) is 3.37. The number of carbonyl (C=O) groups excluding carboxylic acids is 2. The molecule has 6 nitrogen and oxygen atoms in total. The highest BCUT2D eigenvalue weighted by Crippen LogP contribution is 2.24. The number of urea groups is 1. The summed E-state index contributed by atoms with van der Waals surface area (Å²) >= 11 is 0. The van der Waals surface area contributed by atoms with E-state index in [0.717, 1.165) is 29.3 Å². The Morgan fingerprint density at radius 3 is 2.62 bits per heavy atom. The van der Waals surface area contributed by atoms with E-state index in [-0.39, 0.29) is 18.1 Å². The third-order valence-corrected chi connectivity index (χ3v) is 3.82. The predicted molar refractivity (Wildman–Crippen MR) is 78.9 cm³/mol. The summed E-state index contributed by atoms with van der Waals surface area (Å²) in [6.45, 7) is 2.81. The van der Waals surface area contributed by atoms with E-state index in [1.165, 1.54) is 7.05 Å². The Balaban J connectivity index is 1.99. The summed E-state index contributed by atoms with van der Waals surface area (Å²) in [6.07, 6.45) is 0.533. The van der Waals surface area contributed by atoms with Crippen LogP contribution in [0.1, 0.15) is 18.9 Å². The van der Waals surface area contributed by atoms with Gasteiger partial charge in [0, 0.05) is 19.2 Å². The zero-order valence-corrected chi connectivity index (χ0v) is 12.1. The molecule has 21 heavy (non-hydrogen) atoms. The number of amides is 3. The van der Waals surface area contributed by atoms with Crippen LogP contribution in [0.2, 0.25) is 0 Å². The lowest BCUT2D eigenvalue weighted by Gasteiger charge is -2.35. The first-order chi connectivity index (χ1) is 10.1. The van der Waals surface area contributed by atoms with Crippen LogP contribution >= 0.6 is 0 Å². The van der Waals surface area contributed by atoms with Crippen LogP contribution in [-0.2, 0) is 4.79 Å². The van der Waals surface area contributed by atoms with Gasteiger partial charge in [0.2, 0.25) is 0 Å². The third-order valence-electron chi connectivity index (χ3n) is 3.82. The molecule has 1 fully saturated rings. The maximum atomic E-state index is 12.3. The Morgan fingerprint density at radius 1 is 1.24 bits per heavy atom. The lowest BCUT2D eigenvalue weighted by atomic mass is 10.1. The van der Waals surface area contributed by atoms with E-state index in [0.29, 0.717) is 0 Å². The van der Waals surface area contributed by atoms with Crippen LogP contribution in [0.3, 0.4) is 0 Å². The normalized spacial score (nSPS) is 24.8. The van der Waals surface area contributed by atoms with Gasteiger partial charge in [-0.25, -0.2) is 4.79 Å². The maximum Gasteiger partial charge on any atom is 0.325 e. The molecule has 0 radical (unpaired) electrons. The Morgan fingerprint density at radius 2 is 1.95 bits per heavy atom. The van der Waals surface area contributed by atoms with Crippen molar-refractivity contribution in [2.24, 2.45) is 4.99 Å². The van der Waals surface area contributed by atoms with Crippen molar-refractivity contribution in [3.63, 3.8) is 0 Å². The van der Waals surface area contributed by atoms with Crippen LogP contribution in [0.25, 0.3) is 0 Å². The molecule has 2 heterocycles. The van der Waals surface area contributed by atoms with Gasteiger partial charge in [0.1, 0.15) is 12.0 Å². The number of rotatable bonds is 3. The molecule has 2 aliphatic rings. The van der Waals surface area contributed by atoms with Gasteiger partial charge in [0.05, 0.1) is 0 Å². The van der Waals surface area contributed by atoms with Gasteiger partial charge in [-0.05, 0) is 6.42 Å². The lowest BCUT2D eigenvalue weighted by Crippen LogP contribution is -2.64. The molecular formula is C15H18N4O2. The molecule has 3 rings (SSSR count). The van der Waals surface area contributed by atoms with Crippen molar-refractivity contribution < 1.29 is 9.59 Å². The quantitative estimate of drug-likeness (QED) is 0.902.